The van der Waals surface area contributed by atoms with Crippen molar-refractivity contribution in [1.82, 2.24) is 0 Å². The van der Waals surface area contributed by atoms with Gasteiger partial charge in [-0.2, -0.15) is 0 Å². The molecule has 2 heterocycles. The molecule has 2 aliphatic rings. The molecule has 2 saturated heterocycles. The topological polar surface area (TPSA) is 74.8 Å². The lowest BCUT2D eigenvalue weighted by Crippen LogP contribution is -2.31. The summed E-state index contributed by atoms with van der Waals surface area (Å²) in [5, 5.41) is -0.863. The summed E-state index contributed by atoms with van der Waals surface area (Å²) < 4.78 is 0. The maximum absolute atomic E-state index is 13.0. The second-order valence-corrected chi connectivity index (χ2v) is 13.2. The average molecular weight is 597 g/mol. The number of rotatable bonds is 8. The first-order valence-corrected chi connectivity index (χ1v) is 15.6. The number of amides is 4. The molecule has 2 fully saturated rings. The van der Waals surface area contributed by atoms with Gasteiger partial charge in [-0.15, -0.1) is 23.5 Å². The van der Waals surface area contributed by atoms with Crippen molar-refractivity contribution >= 4 is 70.3 Å². The number of carbonyl (C=O) groups excluding carboxylic acids is 4. The Labute approximate surface area is 250 Å². The standard InChI is InChI=1S/C32H24N2O4S3/c35-29-19-27(40-23-7-3-1-4-8-23)31(37)33(29)21-11-15-25(16-12-21)39-26-17-13-22(14-18-26)34-30(36)20-28(32(34)38)41-24-9-5-2-6-10-24/h1-18,27-28H,19-20H2/t27-,28-/m1/s1. The predicted molar refractivity (Wildman–Crippen MR) is 163 cm³/mol. The van der Waals surface area contributed by atoms with Crippen LogP contribution in [0.15, 0.2) is 129 Å². The van der Waals surface area contributed by atoms with Crippen molar-refractivity contribution in [2.75, 3.05) is 9.80 Å². The molecule has 9 heteroatoms. The first-order valence-electron chi connectivity index (χ1n) is 13.0. The highest BCUT2D eigenvalue weighted by molar-refractivity contribution is 8.01. The molecule has 6 nitrogen and oxygen atoms in total. The summed E-state index contributed by atoms with van der Waals surface area (Å²) in [5.41, 5.74) is 1.12. The zero-order valence-corrected chi connectivity index (χ0v) is 24.2. The molecular formula is C32H24N2O4S3. The van der Waals surface area contributed by atoms with Crippen LogP contribution in [-0.2, 0) is 19.2 Å². The van der Waals surface area contributed by atoms with E-state index >= 15 is 0 Å². The van der Waals surface area contributed by atoms with Crippen LogP contribution in [0.3, 0.4) is 0 Å². The van der Waals surface area contributed by atoms with Crippen molar-refractivity contribution in [2.24, 2.45) is 0 Å². The van der Waals surface area contributed by atoms with E-state index in [0.29, 0.717) is 11.4 Å². The molecule has 0 aliphatic carbocycles. The Bertz CT molecular complexity index is 1480. The van der Waals surface area contributed by atoms with Crippen LogP contribution in [0.5, 0.6) is 0 Å². The van der Waals surface area contributed by atoms with E-state index in [1.54, 1.807) is 24.3 Å². The van der Waals surface area contributed by atoms with E-state index in [1.807, 2.05) is 84.9 Å². The predicted octanol–water partition coefficient (Wildman–Crippen LogP) is 6.69. The fourth-order valence-electron chi connectivity index (χ4n) is 4.72. The molecule has 204 valence electrons. The molecule has 0 saturated carbocycles. The van der Waals surface area contributed by atoms with E-state index in [0.717, 1.165) is 19.6 Å². The molecule has 0 aromatic heterocycles. The fourth-order valence-corrected chi connectivity index (χ4v) is 7.69. The lowest BCUT2D eigenvalue weighted by atomic mass is 10.3. The van der Waals surface area contributed by atoms with Crippen molar-refractivity contribution in [3.05, 3.63) is 109 Å². The van der Waals surface area contributed by atoms with Gasteiger partial charge in [-0.05, 0) is 72.8 Å². The largest absolute Gasteiger partial charge is 0.274 e. The van der Waals surface area contributed by atoms with Crippen molar-refractivity contribution in [2.45, 2.75) is 42.9 Å². The van der Waals surface area contributed by atoms with Crippen LogP contribution >= 0.6 is 35.3 Å². The summed E-state index contributed by atoms with van der Waals surface area (Å²) in [5.74, 6) is -0.796. The minimum atomic E-state index is -0.431. The molecule has 0 bridgehead atoms. The Hall–Kier alpha value is -3.79. The summed E-state index contributed by atoms with van der Waals surface area (Å²) in [7, 11) is 0. The quantitative estimate of drug-likeness (QED) is 0.210. The maximum Gasteiger partial charge on any atom is 0.247 e. The molecule has 6 rings (SSSR count). The van der Waals surface area contributed by atoms with Crippen molar-refractivity contribution in [3.8, 4) is 0 Å². The Morgan fingerprint density at radius 3 is 1.20 bits per heavy atom. The minimum absolute atomic E-state index is 0.176. The van der Waals surface area contributed by atoms with Gasteiger partial charge in [-0.3, -0.25) is 19.2 Å². The zero-order valence-electron chi connectivity index (χ0n) is 21.7. The van der Waals surface area contributed by atoms with Gasteiger partial charge >= 0.3 is 0 Å². The average Bonchev–Trinajstić information content (AvgIpc) is 3.43. The Morgan fingerprint density at radius 2 is 0.829 bits per heavy atom. The summed E-state index contributed by atoms with van der Waals surface area (Å²) in [6, 6.07) is 33.9. The van der Waals surface area contributed by atoms with E-state index in [4.69, 9.17) is 0 Å². The van der Waals surface area contributed by atoms with E-state index < -0.39 is 10.5 Å². The van der Waals surface area contributed by atoms with Gasteiger partial charge in [0.15, 0.2) is 0 Å². The molecule has 2 aliphatic heterocycles. The van der Waals surface area contributed by atoms with E-state index in [-0.39, 0.29) is 36.5 Å². The lowest BCUT2D eigenvalue weighted by Gasteiger charge is -2.16. The summed E-state index contributed by atoms with van der Waals surface area (Å²) in [6.07, 6.45) is 0.351. The minimum Gasteiger partial charge on any atom is -0.274 e. The van der Waals surface area contributed by atoms with E-state index in [1.165, 1.54) is 45.1 Å². The highest BCUT2D eigenvalue weighted by atomic mass is 32.2. The Morgan fingerprint density at radius 1 is 0.463 bits per heavy atom. The summed E-state index contributed by atoms with van der Waals surface area (Å²) in [4.78, 5) is 57.8. The molecule has 0 radical (unpaired) electrons. The molecule has 4 aromatic rings. The van der Waals surface area contributed by atoms with Crippen molar-refractivity contribution < 1.29 is 19.2 Å². The number of imide groups is 2. The number of nitrogens with zero attached hydrogens (tertiary/aromatic N) is 2. The van der Waals surface area contributed by atoms with Gasteiger partial charge in [-0.25, -0.2) is 9.80 Å². The van der Waals surface area contributed by atoms with Crippen molar-refractivity contribution in [3.63, 3.8) is 0 Å². The molecular weight excluding hydrogens is 573 g/mol. The maximum atomic E-state index is 13.0. The van der Waals surface area contributed by atoms with Gasteiger partial charge in [0.1, 0.15) is 0 Å². The normalized spacial score (nSPS) is 18.9. The highest BCUT2D eigenvalue weighted by Crippen LogP contribution is 2.37. The lowest BCUT2D eigenvalue weighted by molar-refractivity contribution is -0.122. The first-order chi connectivity index (χ1) is 20.0. The Balaban J connectivity index is 1.08. The number of benzene rings is 4. The molecule has 4 aromatic carbocycles. The smallest absolute Gasteiger partial charge is 0.247 e. The molecule has 0 unspecified atom stereocenters. The molecule has 4 amide bonds. The molecule has 2 atom stereocenters. The summed E-state index contributed by atoms with van der Waals surface area (Å²) in [6.45, 7) is 0. The number of hydrogen-bond acceptors (Lipinski definition) is 7. The third-order valence-corrected chi connectivity index (χ3v) is 10.1. The van der Waals surface area contributed by atoms with Gasteiger partial charge < -0.3 is 0 Å². The van der Waals surface area contributed by atoms with Crippen LogP contribution in [0.2, 0.25) is 0 Å². The van der Waals surface area contributed by atoms with Gasteiger partial charge in [-0.1, -0.05) is 48.2 Å². The number of anilines is 2. The number of thioether (sulfide) groups is 2. The highest BCUT2D eigenvalue weighted by Gasteiger charge is 2.41. The monoisotopic (exact) mass is 596 g/mol. The van der Waals surface area contributed by atoms with Crippen LogP contribution in [0.4, 0.5) is 11.4 Å². The number of carbonyl (C=O) groups is 4. The van der Waals surface area contributed by atoms with E-state index in [2.05, 4.69) is 0 Å². The fraction of sp³-hybridized carbons (Fsp3) is 0.125. The van der Waals surface area contributed by atoms with Gasteiger partial charge in [0.25, 0.3) is 0 Å². The van der Waals surface area contributed by atoms with Gasteiger partial charge in [0.05, 0.1) is 21.9 Å². The second-order valence-electron chi connectivity index (χ2n) is 9.47. The van der Waals surface area contributed by atoms with Crippen LogP contribution in [-0.4, -0.2) is 34.1 Å². The zero-order chi connectivity index (χ0) is 28.3. The second kappa shape index (κ2) is 12.0. The molecule has 0 spiro atoms. The van der Waals surface area contributed by atoms with Crippen LogP contribution in [0, 0.1) is 0 Å². The van der Waals surface area contributed by atoms with Gasteiger partial charge in [0, 0.05) is 32.4 Å². The third-order valence-electron chi connectivity index (χ3n) is 6.68. The van der Waals surface area contributed by atoms with Crippen molar-refractivity contribution in [1.29, 1.82) is 0 Å². The van der Waals surface area contributed by atoms with Gasteiger partial charge in [0.2, 0.25) is 23.6 Å². The van der Waals surface area contributed by atoms with Crippen LogP contribution < -0.4 is 9.80 Å². The number of hydrogen-bond donors (Lipinski definition) is 0. The van der Waals surface area contributed by atoms with Crippen LogP contribution in [0.1, 0.15) is 12.8 Å². The molecule has 41 heavy (non-hydrogen) atoms. The first kappa shape index (κ1) is 27.4. The summed E-state index contributed by atoms with van der Waals surface area (Å²) >= 11 is 4.34. The Kier molecular flexibility index (Phi) is 8.00. The molecule has 0 N–H and O–H groups in total. The van der Waals surface area contributed by atoms with Crippen LogP contribution in [0.25, 0.3) is 0 Å². The van der Waals surface area contributed by atoms with E-state index in [9.17, 15) is 19.2 Å². The third kappa shape index (κ3) is 5.98. The SMILES string of the molecule is O=C1C[C@@H](Sc2ccccc2)C(=O)N1c1ccc(Sc2ccc(N3C(=O)C[C@@H](Sc4ccccc4)C3=O)cc2)cc1.